The van der Waals surface area contributed by atoms with Crippen molar-refractivity contribution in [1.82, 2.24) is 10.6 Å². The van der Waals surface area contributed by atoms with Crippen molar-refractivity contribution in [3.05, 3.63) is 35.6 Å². The molecule has 3 N–H and O–H groups in total. The minimum atomic E-state index is -0.220. The van der Waals surface area contributed by atoms with Gasteiger partial charge >= 0.3 is 0 Å². The molecule has 0 bridgehead atoms. The lowest BCUT2D eigenvalue weighted by Crippen LogP contribution is -3.14. The zero-order valence-corrected chi connectivity index (χ0v) is 12.3. The standard InChI is InChI=1S/C14H20FN3OS/c15-13-3-1-12(2-4-13)11-17-14(20)16-5-6-18-7-9-19-10-8-18/h1-4H,5-11H2,(H2,16,17,20)/p+1. The highest BCUT2D eigenvalue weighted by Crippen LogP contribution is 2.01. The summed E-state index contributed by atoms with van der Waals surface area (Å²) in [7, 11) is 0. The van der Waals surface area contributed by atoms with E-state index in [1.54, 1.807) is 17.0 Å². The summed E-state index contributed by atoms with van der Waals surface area (Å²) in [4.78, 5) is 1.55. The summed E-state index contributed by atoms with van der Waals surface area (Å²) in [5, 5.41) is 6.96. The van der Waals surface area contributed by atoms with E-state index < -0.39 is 0 Å². The summed E-state index contributed by atoms with van der Waals surface area (Å²) < 4.78 is 18.1. The summed E-state index contributed by atoms with van der Waals surface area (Å²) in [6.45, 7) is 6.34. The minimum absolute atomic E-state index is 0.220. The van der Waals surface area contributed by atoms with Gasteiger partial charge in [-0.1, -0.05) is 12.1 Å². The molecule has 20 heavy (non-hydrogen) atoms. The Hall–Kier alpha value is -1.24. The fraction of sp³-hybridized carbons (Fsp3) is 0.500. The van der Waals surface area contributed by atoms with Gasteiger partial charge in [-0.25, -0.2) is 4.39 Å². The van der Waals surface area contributed by atoms with Crippen molar-refractivity contribution < 1.29 is 14.0 Å². The number of thiocarbonyl (C=S) groups is 1. The van der Waals surface area contributed by atoms with Gasteiger partial charge in [-0.3, -0.25) is 0 Å². The second-order valence-electron chi connectivity index (χ2n) is 4.85. The van der Waals surface area contributed by atoms with Crippen LogP contribution in [0.3, 0.4) is 0 Å². The average molecular weight is 298 g/mol. The zero-order chi connectivity index (χ0) is 14.2. The van der Waals surface area contributed by atoms with Gasteiger partial charge < -0.3 is 20.3 Å². The lowest BCUT2D eigenvalue weighted by Gasteiger charge is -2.24. The summed E-state index contributed by atoms with van der Waals surface area (Å²) in [6.07, 6.45) is 0. The topological polar surface area (TPSA) is 37.7 Å². The third-order valence-corrected chi connectivity index (χ3v) is 3.62. The number of hydrogen-bond donors (Lipinski definition) is 3. The van der Waals surface area contributed by atoms with Crippen LogP contribution in [0.4, 0.5) is 4.39 Å². The highest BCUT2D eigenvalue weighted by molar-refractivity contribution is 7.80. The van der Waals surface area contributed by atoms with Gasteiger partial charge in [-0.05, 0) is 29.9 Å². The Balaban J connectivity index is 1.59. The van der Waals surface area contributed by atoms with Crippen LogP contribution in [0, 0.1) is 5.82 Å². The van der Waals surface area contributed by atoms with Gasteiger partial charge in [0.2, 0.25) is 0 Å². The van der Waals surface area contributed by atoms with Gasteiger partial charge in [0.1, 0.15) is 18.9 Å². The van der Waals surface area contributed by atoms with Crippen molar-refractivity contribution >= 4 is 17.3 Å². The molecule has 4 nitrogen and oxygen atoms in total. The average Bonchev–Trinajstić information content (AvgIpc) is 2.48. The molecule has 1 aromatic carbocycles. The number of morpholine rings is 1. The Bertz CT molecular complexity index is 421. The van der Waals surface area contributed by atoms with Crippen molar-refractivity contribution in [2.24, 2.45) is 0 Å². The Labute approximate surface area is 124 Å². The molecule has 1 fully saturated rings. The van der Waals surface area contributed by atoms with Gasteiger partial charge in [0, 0.05) is 6.54 Å². The van der Waals surface area contributed by atoms with Gasteiger partial charge in [0.25, 0.3) is 0 Å². The van der Waals surface area contributed by atoms with Crippen LogP contribution >= 0.6 is 12.2 Å². The number of hydrogen-bond acceptors (Lipinski definition) is 2. The van der Waals surface area contributed by atoms with Crippen LogP contribution in [0.5, 0.6) is 0 Å². The van der Waals surface area contributed by atoms with Gasteiger partial charge in [-0.2, -0.15) is 0 Å². The first-order valence-electron chi connectivity index (χ1n) is 6.91. The van der Waals surface area contributed by atoms with E-state index in [1.165, 1.54) is 12.1 Å². The molecule has 0 spiro atoms. The largest absolute Gasteiger partial charge is 0.370 e. The molecule has 0 unspecified atom stereocenters. The van der Waals surface area contributed by atoms with E-state index in [9.17, 15) is 4.39 Å². The van der Waals surface area contributed by atoms with Crippen LogP contribution in [-0.4, -0.2) is 44.5 Å². The van der Waals surface area contributed by atoms with E-state index in [0.717, 1.165) is 45.0 Å². The molecule has 0 saturated carbocycles. The maximum Gasteiger partial charge on any atom is 0.166 e. The first kappa shape index (κ1) is 15.2. The van der Waals surface area contributed by atoms with Crippen LogP contribution < -0.4 is 15.5 Å². The fourth-order valence-corrected chi connectivity index (χ4v) is 2.28. The quantitative estimate of drug-likeness (QED) is 0.653. The predicted octanol–water partition coefficient (Wildman–Crippen LogP) is -0.295. The van der Waals surface area contributed by atoms with E-state index >= 15 is 0 Å². The Kier molecular flexibility index (Phi) is 6.17. The van der Waals surface area contributed by atoms with Crippen molar-refractivity contribution in [2.75, 3.05) is 39.4 Å². The summed E-state index contributed by atoms with van der Waals surface area (Å²) in [6, 6.07) is 6.41. The first-order chi connectivity index (χ1) is 9.74. The van der Waals surface area contributed by atoms with E-state index in [0.29, 0.717) is 11.7 Å². The van der Waals surface area contributed by atoms with Gasteiger partial charge in [0.15, 0.2) is 5.11 Å². The Morgan fingerprint density at radius 3 is 2.60 bits per heavy atom. The zero-order valence-electron chi connectivity index (χ0n) is 11.5. The summed E-state index contributed by atoms with van der Waals surface area (Å²) >= 11 is 5.22. The smallest absolute Gasteiger partial charge is 0.166 e. The van der Waals surface area contributed by atoms with Crippen molar-refractivity contribution in [3.8, 4) is 0 Å². The molecule has 1 heterocycles. The van der Waals surface area contributed by atoms with E-state index in [1.807, 2.05) is 0 Å². The van der Waals surface area contributed by atoms with Crippen LogP contribution in [0.1, 0.15) is 5.56 Å². The number of halogens is 1. The second-order valence-corrected chi connectivity index (χ2v) is 5.26. The third-order valence-electron chi connectivity index (χ3n) is 3.33. The molecule has 0 aliphatic carbocycles. The monoisotopic (exact) mass is 298 g/mol. The number of benzene rings is 1. The first-order valence-corrected chi connectivity index (χ1v) is 7.32. The normalized spacial score (nSPS) is 15.8. The molecule has 1 aliphatic heterocycles. The second kappa shape index (κ2) is 8.14. The SMILES string of the molecule is Fc1ccc(CNC(=S)NCC[NH+]2CCOCC2)cc1. The summed E-state index contributed by atoms with van der Waals surface area (Å²) in [5.41, 5.74) is 1.01. The lowest BCUT2D eigenvalue weighted by atomic mass is 10.2. The van der Waals surface area contributed by atoms with Crippen LogP contribution in [0.2, 0.25) is 0 Å². The molecule has 0 aromatic heterocycles. The molecule has 1 aromatic rings. The number of nitrogens with one attached hydrogen (secondary N) is 3. The van der Waals surface area contributed by atoms with E-state index in [-0.39, 0.29) is 5.82 Å². The number of quaternary nitrogens is 1. The van der Waals surface area contributed by atoms with Crippen molar-refractivity contribution in [2.45, 2.75) is 6.54 Å². The molecule has 1 saturated heterocycles. The maximum absolute atomic E-state index is 12.8. The van der Waals surface area contributed by atoms with Crippen LogP contribution in [0.15, 0.2) is 24.3 Å². The number of ether oxygens (including phenoxy) is 1. The van der Waals surface area contributed by atoms with Crippen LogP contribution in [0.25, 0.3) is 0 Å². The highest BCUT2D eigenvalue weighted by Gasteiger charge is 2.12. The van der Waals surface area contributed by atoms with Crippen LogP contribution in [-0.2, 0) is 11.3 Å². The van der Waals surface area contributed by atoms with Gasteiger partial charge in [-0.15, -0.1) is 0 Å². The maximum atomic E-state index is 12.8. The molecular weight excluding hydrogens is 277 g/mol. The highest BCUT2D eigenvalue weighted by atomic mass is 32.1. The van der Waals surface area contributed by atoms with Crippen molar-refractivity contribution in [1.29, 1.82) is 0 Å². The van der Waals surface area contributed by atoms with E-state index in [4.69, 9.17) is 17.0 Å². The predicted molar refractivity (Wildman–Crippen MR) is 80.2 cm³/mol. The molecule has 1 aliphatic rings. The number of rotatable bonds is 5. The Morgan fingerprint density at radius 2 is 1.90 bits per heavy atom. The van der Waals surface area contributed by atoms with E-state index in [2.05, 4.69) is 10.6 Å². The summed E-state index contributed by atoms with van der Waals surface area (Å²) in [5.74, 6) is -0.220. The minimum Gasteiger partial charge on any atom is -0.370 e. The molecule has 110 valence electrons. The molecular formula is C14H21FN3OS+. The van der Waals surface area contributed by atoms with Crippen molar-refractivity contribution in [3.63, 3.8) is 0 Å². The molecule has 0 radical (unpaired) electrons. The molecule has 0 atom stereocenters. The molecule has 2 rings (SSSR count). The van der Waals surface area contributed by atoms with Gasteiger partial charge in [0.05, 0.1) is 26.3 Å². The fourth-order valence-electron chi connectivity index (χ4n) is 2.11. The Morgan fingerprint density at radius 1 is 1.20 bits per heavy atom. The molecule has 6 heteroatoms. The third kappa shape index (κ3) is 5.40. The molecule has 0 amide bonds. The lowest BCUT2D eigenvalue weighted by molar-refractivity contribution is -0.906.